The minimum atomic E-state index is -0.542. The van der Waals surface area contributed by atoms with Crippen molar-refractivity contribution in [3.05, 3.63) is 35.9 Å². The number of benzene rings is 1. The maximum Gasteiger partial charge on any atom is 0.315 e. The highest BCUT2D eigenvalue weighted by Gasteiger charge is 2.15. The molecule has 1 aromatic carbocycles. The summed E-state index contributed by atoms with van der Waals surface area (Å²) in [6.45, 7) is 1.86. The van der Waals surface area contributed by atoms with Crippen molar-refractivity contribution < 1.29 is 14.6 Å². The maximum atomic E-state index is 11.7. The van der Waals surface area contributed by atoms with Crippen LogP contribution in [0.25, 0.3) is 0 Å². The molecule has 0 aliphatic carbocycles. The molecule has 2 rings (SSSR count). The van der Waals surface area contributed by atoms with Crippen LogP contribution in [0.1, 0.15) is 30.9 Å². The van der Waals surface area contributed by atoms with Gasteiger partial charge in [-0.3, -0.25) is 0 Å². The zero-order valence-corrected chi connectivity index (χ0v) is 11.5. The van der Waals surface area contributed by atoms with Crippen molar-refractivity contribution in [3.63, 3.8) is 0 Å². The zero-order chi connectivity index (χ0) is 14.2. The van der Waals surface area contributed by atoms with Crippen molar-refractivity contribution in [2.45, 2.75) is 31.4 Å². The lowest BCUT2D eigenvalue weighted by molar-refractivity contribution is 0.0800. The van der Waals surface area contributed by atoms with E-state index in [-0.39, 0.29) is 12.1 Å². The fourth-order valence-electron chi connectivity index (χ4n) is 2.24. The first kappa shape index (κ1) is 14.8. The Hall–Kier alpha value is -1.59. The normalized spacial score (nSPS) is 17.4. The van der Waals surface area contributed by atoms with Gasteiger partial charge < -0.3 is 20.5 Å². The van der Waals surface area contributed by atoms with Gasteiger partial charge in [0.2, 0.25) is 0 Å². The van der Waals surface area contributed by atoms with Crippen LogP contribution in [0.3, 0.4) is 0 Å². The summed E-state index contributed by atoms with van der Waals surface area (Å²) in [5.74, 6) is 0. The molecule has 5 heteroatoms. The average Bonchev–Trinajstić information content (AvgIpc) is 2.49. The molecule has 5 nitrogen and oxygen atoms in total. The molecule has 0 saturated carbocycles. The van der Waals surface area contributed by atoms with E-state index in [9.17, 15) is 9.90 Å². The molecule has 110 valence electrons. The smallest absolute Gasteiger partial charge is 0.315 e. The third-order valence-corrected chi connectivity index (χ3v) is 3.44. The number of hydrogen-bond acceptors (Lipinski definition) is 3. The van der Waals surface area contributed by atoms with Crippen LogP contribution < -0.4 is 10.6 Å². The van der Waals surface area contributed by atoms with E-state index in [0.29, 0.717) is 26.2 Å². The van der Waals surface area contributed by atoms with Gasteiger partial charge in [0.05, 0.1) is 6.10 Å². The molecular weight excluding hydrogens is 256 g/mol. The topological polar surface area (TPSA) is 70.6 Å². The molecule has 1 saturated heterocycles. The van der Waals surface area contributed by atoms with Gasteiger partial charge in [-0.1, -0.05) is 30.3 Å². The van der Waals surface area contributed by atoms with Gasteiger partial charge in [-0.05, 0) is 24.8 Å². The first-order valence-electron chi connectivity index (χ1n) is 7.11. The van der Waals surface area contributed by atoms with Crippen LogP contribution in [-0.4, -0.2) is 36.9 Å². The molecule has 20 heavy (non-hydrogen) atoms. The Kier molecular flexibility index (Phi) is 5.83. The molecule has 0 radical (unpaired) electrons. The minimum absolute atomic E-state index is 0.169. The number of urea groups is 1. The summed E-state index contributed by atoms with van der Waals surface area (Å²) in [5, 5.41) is 15.7. The summed E-state index contributed by atoms with van der Waals surface area (Å²) in [5.41, 5.74) is 0.874. The van der Waals surface area contributed by atoms with Crippen molar-refractivity contribution in [1.29, 1.82) is 0 Å². The van der Waals surface area contributed by atoms with Crippen LogP contribution in [0, 0.1) is 0 Å². The fraction of sp³-hybridized carbons (Fsp3) is 0.533. The number of hydrogen-bond donors (Lipinski definition) is 3. The van der Waals surface area contributed by atoms with Gasteiger partial charge in [-0.25, -0.2) is 4.79 Å². The van der Waals surface area contributed by atoms with Crippen LogP contribution in [0.5, 0.6) is 0 Å². The molecule has 0 aromatic heterocycles. The summed E-state index contributed by atoms with van der Waals surface area (Å²) in [4.78, 5) is 11.7. The molecule has 1 aliphatic heterocycles. The second-order valence-corrected chi connectivity index (χ2v) is 5.00. The molecule has 1 aliphatic rings. The van der Waals surface area contributed by atoms with Crippen LogP contribution in [0.2, 0.25) is 0 Å². The lowest BCUT2D eigenvalue weighted by atomic mass is 10.1. The third-order valence-electron chi connectivity index (χ3n) is 3.44. The van der Waals surface area contributed by atoms with Crippen LogP contribution in [0.15, 0.2) is 30.3 Å². The van der Waals surface area contributed by atoms with E-state index < -0.39 is 6.10 Å². The van der Waals surface area contributed by atoms with Gasteiger partial charge in [0.1, 0.15) is 0 Å². The van der Waals surface area contributed by atoms with E-state index in [4.69, 9.17) is 4.74 Å². The molecule has 1 heterocycles. The fourth-order valence-corrected chi connectivity index (χ4v) is 2.24. The second kappa shape index (κ2) is 7.87. The largest absolute Gasteiger partial charge is 0.388 e. The minimum Gasteiger partial charge on any atom is -0.388 e. The Bertz CT molecular complexity index is 405. The van der Waals surface area contributed by atoms with Crippen LogP contribution in [0.4, 0.5) is 4.79 Å². The van der Waals surface area contributed by atoms with E-state index in [2.05, 4.69) is 10.6 Å². The van der Waals surface area contributed by atoms with Gasteiger partial charge in [-0.2, -0.15) is 0 Å². The third kappa shape index (κ3) is 4.83. The number of aliphatic hydroxyl groups is 1. The summed E-state index contributed by atoms with van der Waals surface area (Å²) in [6, 6.07) is 9.49. The predicted molar refractivity (Wildman–Crippen MR) is 76.4 cm³/mol. The Morgan fingerprint density at radius 1 is 1.30 bits per heavy atom. The van der Waals surface area contributed by atoms with Crippen molar-refractivity contribution in [1.82, 2.24) is 10.6 Å². The number of ether oxygens (including phenoxy) is 1. The molecule has 0 bridgehead atoms. The second-order valence-electron chi connectivity index (χ2n) is 5.00. The molecule has 2 amide bonds. The van der Waals surface area contributed by atoms with E-state index in [0.717, 1.165) is 18.4 Å². The van der Waals surface area contributed by atoms with E-state index in [1.54, 1.807) is 0 Å². The zero-order valence-electron chi connectivity index (χ0n) is 11.5. The standard InChI is InChI=1S/C15H22N2O3/c18-14(12-4-2-1-3-5-12)6-9-16-15(19)17-13-7-10-20-11-8-13/h1-5,13-14,18H,6-11H2,(H2,16,17,19)/t14-/m0/s1. The van der Waals surface area contributed by atoms with Gasteiger partial charge in [0.15, 0.2) is 0 Å². The van der Waals surface area contributed by atoms with Crippen molar-refractivity contribution in [2.75, 3.05) is 19.8 Å². The Morgan fingerprint density at radius 3 is 2.70 bits per heavy atom. The summed E-state index contributed by atoms with van der Waals surface area (Å²) >= 11 is 0. The molecule has 0 spiro atoms. The van der Waals surface area contributed by atoms with Gasteiger partial charge in [-0.15, -0.1) is 0 Å². The average molecular weight is 278 g/mol. The number of nitrogens with one attached hydrogen (secondary N) is 2. The monoisotopic (exact) mass is 278 g/mol. The van der Waals surface area contributed by atoms with Crippen LogP contribution in [-0.2, 0) is 4.74 Å². The Morgan fingerprint density at radius 2 is 2.00 bits per heavy atom. The Labute approximate surface area is 119 Å². The SMILES string of the molecule is O=C(NCC[C@H](O)c1ccccc1)NC1CCOCC1. The molecule has 1 fully saturated rings. The van der Waals surface area contributed by atoms with E-state index >= 15 is 0 Å². The quantitative estimate of drug-likeness (QED) is 0.766. The molecule has 1 atom stereocenters. The van der Waals surface area contributed by atoms with Crippen molar-refractivity contribution in [2.24, 2.45) is 0 Å². The van der Waals surface area contributed by atoms with Gasteiger partial charge >= 0.3 is 6.03 Å². The molecule has 1 aromatic rings. The van der Waals surface area contributed by atoms with Crippen molar-refractivity contribution >= 4 is 6.03 Å². The van der Waals surface area contributed by atoms with E-state index in [1.165, 1.54) is 0 Å². The number of amides is 2. The molecule has 0 unspecified atom stereocenters. The first-order valence-corrected chi connectivity index (χ1v) is 7.11. The van der Waals surface area contributed by atoms with E-state index in [1.807, 2.05) is 30.3 Å². The lowest BCUT2D eigenvalue weighted by Gasteiger charge is -2.23. The highest BCUT2D eigenvalue weighted by atomic mass is 16.5. The van der Waals surface area contributed by atoms with Crippen molar-refractivity contribution in [3.8, 4) is 0 Å². The molecular formula is C15H22N2O3. The highest BCUT2D eigenvalue weighted by molar-refractivity contribution is 5.74. The maximum absolute atomic E-state index is 11.7. The lowest BCUT2D eigenvalue weighted by Crippen LogP contribution is -2.44. The summed E-state index contributed by atoms with van der Waals surface area (Å²) in [7, 11) is 0. The van der Waals surface area contributed by atoms with Gasteiger partial charge in [0, 0.05) is 25.8 Å². The number of carbonyl (C=O) groups excluding carboxylic acids is 1. The number of rotatable bonds is 5. The highest BCUT2D eigenvalue weighted by Crippen LogP contribution is 2.14. The summed E-state index contributed by atoms with van der Waals surface area (Å²) < 4.78 is 5.24. The number of aliphatic hydroxyl groups excluding tert-OH is 1. The number of carbonyl (C=O) groups is 1. The predicted octanol–water partition coefficient (Wildman–Crippen LogP) is 1.59. The summed E-state index contributed by atoms with van der Waals surface area (Å²) in [6.07, 6.45) is 1.69. The molecule has 3 N–H and O–H groups in total. The Balaban J connectivity index is 1.63. The first-order chi connectivity index (χ1) is 9.75. The van der Waals surface area contributed by atoms with Gasteiger partial charge in [0.25, 0.3) is 0 Å². The van der Waals surface area contributed by atoms with Crippen LogP contribution >= 0.6 is 0 Å².